The van der Waals surface area contributed by atoms with Crippen LogP contribution in [-0.4, -0.2) is 275 Å². The van der Waals surface area contributed by atoms with E-state index in [0.717, 1.165) is 30.3 Å². The zero-order chi connectivity index (χ0) is 82.5. The highest BCUT2D eigenvalue weighted by Gasteiger charge is 2.78. The molecule has 5 N–H and O–H groups in total. The van der Waals surface area contributed by atoms with Crippen LogP contribution in [0, 0.1) is 28.6 Å². The van der Waals surface area contributed by atoms with Crippen molar-refractivity contribution in [1.29, 1.82) is 0 Å². The third-order valence-electron chi connectivity index (χ3n) is 20.0. The molecule has 38 heteroatoms. The Morgan fingerprint density at radius 3 is 1.77 bits per heavy atom. The third-order valence-corrected chi connectivity index (χ3v) is 22.7. The fourth-order valence-electron chi connectivity index (χ4n) is 14.4. The molecule has 626 valence electrons. The number of amides is 4. The van der Waals surface area contributed by atoms with Crippen LogP contribution in [0.3, 0.4) is 0 Å². The van der Waals surface area contributed by atoms with Crippen LogP contribution in [0.1, 0.15) is 86.6 Å². The number of furan rings is 1. The number of rotatable bonds is 50. The molecule has 1 aromatic carbocycles. The third kappa shape index (κ3) is 24.7. The summed E-state index contributed by atoms with van der Waals surface area (Å²) in [5, 5.41) is 21.1. The Morgan fingerprint density at radius 1 is 0.702 bits per heavy atom. The van der Waals surface area contributed by atoms with E-state index < -0.39 is 138 Å². The number of halogens is 2. The van der Waals surface area contributed by atoms with Crippen LogP contribution in [0.4, 0.5) is 8.78 Å². The van der Waals surface area contributed by atoms with Gasteiger partial charge in [-0.2, -0.15) is 0 Å². The van der Waals surface area contributed by atoms with E-state index in [1.165, 1.54) is 68.3 Å². The van der Waals surface area contributed by atoms with Crippen LogP contribution < -0.4 is 21.3 Å². The van der Waals surface area contributed by atoms with Gasteiger partial charge in [0.05, 0.1) is 131 Å². The SMILES string of the molecule is C=CCOC(=O)CCC[C@H](NC(=O)CNC(=O)CCOCCOCCOCCOCCOCCOCCOCCOCCNC(=O)c1cc(-c2cnc(S(C)(=O)=O)nc2)cc(-c2cnc(S(C)(=O)=O)nc2)c1)C(=O)NCOCCSC(=O)[C@@]1(OC(=O)c2ccco2)[C@H](C)C[C@H]2[C@@H]3C[C@H](F)C4=CC(=O)C=C[C@]4(C)[C@@]3(F)[C@@H](O)C[C@@]21C. The molecule has 114 heavy (non-hydrogen) atoms. The number of aliphatic hydroxyl groups excluding tert-OH is 1. The van der Waals surface area contributed by atoms with Crippen LogP contribution in [0.25, 0.3) is 22.3 Å². The summed E-state index contributed by atoms with van der Waals surface area (Å²) in [5.41, 5.74) is -5.61. The van der Waals surface area contributed by atoms with E-state index in [2.05, 4.69) is 47.8 Å². The molecule has 0 unspecified atom stereocenters. The summed E-state index contributed by atoms with van der Waals surface area (Å²) >= 11 is 0.761. The Morgan fingerprint density at radius 2 is 1.25 bits per heavy atom. The minimum absolute atomic E-state index is 0.0164. The van der Waals surface area contributed by atoms with Gasteiger partial charge in [-0.3, -0.25) is 33.6 Å². The number of allylic oxidation sites excluding steroid dienone is 4. The van der Waals surface area contributed by atoms with Crippen molar-refractivity contribution < 1.29 is 126 Å². The molecule has 4 amide bonds. The van der Waals surface area contributed by atoms with Gasteiger partial charge in [0.15, 0.2) is 17.1 Å². The second-order valence-corrected chi connectivity index (χ2v) is 32.7. The van der Waals surface area contributed by atoms with Crippen LogP contribution in [0.2, 0.25) is 0 Å². The van der Waals surface area contributed by atoms with E-state index in [4.69, 9.17) is 56.5 Å². The van der Waals surface area contributed by atoms with E-state index in [0.29, 0.717) is 81.7 Å². The maximum atomic E-state index is 18.1. The second-order valence-electron chi connectivity index (χ2n) is 27.8. The van der Waals surface area contributed by atoms with Crippen molar-refractivity contribution in [3.8, 4) is 22.3 Å². The number of ketones is 1. The van der Waals surface area contributed by atoms with E-state index in [9.17, 15) is 60.3 Å². The summed E-state index contributed by atoms with van der Waals surface area (Å²) in [6, 6.07) is 6.47. The lowest BCUT2D eigenvalue weighted by atomic mass is 9.44. The number of carbonyl (C=O) groups excluding carboxylic acids is 8. The van der Waals surface area contributed by atoms with Gasteiger partial charge >= 0.3 is 11.9 Å². The Kier molecular flexibility index (Phi) is 34.9. The number of hydrogen-bond donors (Lipinski definition) is 5. The first-order valence-corrected chi connectivity index (χ1v) is 41.9. The van der Waals surface area contributed by atoms with E-state index in [1.54, 1.807) is 32.0 Å². The quantitative estimate of drug-likeness (QED) is 0.0135. The molecule has 3 heterocycles. The first-order chi connectivity index (χ1) is 54.5. The number of aromatic nitrogens is 4. The molecular weight excluding hydrogens is 1560 g/mol. The zero-order valence-electron chi connectivity index (χ0n) is 64.3. The molecule has 10 atom stereocenters. The topological polar surface area (TPSA) is 439 Å². The highest BCUT2D eigenvalue weighted by atomic mass is 32.2. The number of thioether (sulfide) groups is 1. The molecule has 0 spiro atoms. The van der Waals surface area contributed by atoms with E-state index >= 15 is 8.78 Å². The predicted octanol–water partition coefficient (Wildman–Crippen LogP) is 4.26. The summed E-state index contributed by atoms with van der Waals surface area (Å²) in [6.45, 7) is 11.9. The molecule has 33 nitrogen and oxygen atoms in total. The molecule has 0 radical (unpaired) electrons. The number of ether oxygens (including phenoxy) is 11. The van der Waals surface area contributed by atoms with Gasteiger partial charge in [-0.1, -0.05) is 44.3 Å². The number of fused-ring (bicyclic) bond motifs is 5. The van der Waals surface area contributed by atoms with Crippen molar-refractivity contribution in [2.24, 2.45) is 28.6 Å². The van der Waals surface area contributed by atoms with Crippen LogP contribution in [0.5, 0.6) is 0 Å². The Balaban J connectivity index is 0.623. The molecule has 8 rings (SSSR count). The fraction of sp³-hybridized carbons (Fsp3) is 0.579. The minimum atomic E-state index is -3.66. The average Bonchev–Trinajstić information content (AvgIpc) is 1.42. The van der Waals surface area contributed by atoms with Gasteiger partial charge in [0.25, 0.3) is 5.91 Å². The summed E-state index contributed by atoms with van der Waals surface area (Å²) in [6.07, 6.45) is 9.27. The molecular formula is C76H100F2N8O25S3. The maximum Gasteiger partial charge on any atom is 0.375 e. The molecule has 4 aliphatic carbocycles. The number of carbonyl (C=O) groups is 8. The fourth-order valence-corrected chi connectivity index (χ4v) is 16.5. The number of aliphatic hydroxyl groups is 1. The minimum Gasteiger partial charge on any atom is -0.461 e. The Bertz CT molecular complexity index is 4130. The van der Waals surface area contributed by atoms with Crippen LogP contribution in [0.15, 0.2) is 113 Å². The maximum absolute atomic E-state index is 18.1. The van der Waals surface area contributed by atoms with Crippen molar-refractivity contribution in [3.05, 3.63) is 109 Å². The van der Waals surface area contributed by atoms with Gasteiger partial charge in [0, 0.05) is 102 Å². The van der Waals surface area contributed by atoms with Crippen LogP contribution in [-0.2, 0) is 101 Å². The molecule has 0 bridgehead atoms. The van der Waals surface area contributed by atoms with Gasteiger partial charge in [0.1, 0.15) is 25.6 Å². The molecule has 3 saturated carbocycles. The number of sulfone groups is 2. The van der Waals surface area contributed by atoms with Gasteiger partial charge < -0.3 is 82.9 Å². The number of nitrogens with one attached hydrogen (secondary N) is 4. The first-order valence-electron chi connectivity index (χ1n) is 37.1. The highest BCUT2D eigenvalue weighted by molar-refractivity contribution is 8.13. The summed E-state index contributed by atoms with van der Waals surface area (Å²) in [4.78, 5) is 122. The Labute approximate surface area is 664 Å². The molecule has 4 aromatic rings. The molecule has 0 saturated heterocycles. The van der Waals surface area contributed by atoms with Gasteiger partial charge in [-0.15, -0.1) is 0 Å². The number of esters is 2. The van der Waals surface area contributed by atoms with E-state index in [-0.39, 0.29) is 144 Å². The number of benzene rings is 1. The summed E-state index contributed by atoms with van der Waals surface area (Å²) in [5.74, 6) is -7.34. The monoisotopic (exact) mass is 1660 g/mol. The van der Waals surface area contributed by atoms with Crippen molar-refractivity contribution in [3.63, 3.8) is 0 Å². The molecule has 4 aliphatic rings. The normalized spacial score (nSPS) is 22.6. The highest BCUT2D eigenvalue weighted by Crippen LogP contribution is 2.72. The van der Waals surface area contributed by atoms with Crippen molar-refractivity contribution >= 4 is 77.9 Å². The van der Waals surface area contributed by atoms with Gasteiger partial charge in [0.2, 0.25) is 58.6 Å². The lowest BCUT2D eigenvalue weighted by molar-refractivity contribution is -0.221. The number of alkyl halides is 2. The molecule has 3 aromatic heterocycles. The smallest absolute Gasteiger partial charge is 0.375 e. The van der Waals surface area contributed by atoms with Crippen LogP contribution >= 0.6 is 11.8 Å². The zero-order valence-corrected chi connectivity index (χ0v) is 66.7. The van der Waals surface area contributed by atoms with E-state index in [1.807, 2.05) is 0 Å². The molecule has 0 aliphatic heterocycles. The average molecular weight is 1660 g/mol. The first kappa shape index (κ1) is 91.3. The second kappa shape index (κ2) is 43.6. The lowest BCUT2D eigenvalue weighted by Crippen LogP contribution is -2.70. The number of hydrogen-bond acceptors (Lipinski definition) is 30. The Hall–Kier alpha value is -8.25. The standard InChI is InChI=1S/C76H100F2N8O25S3/c1-7-17-110-66(91)12-8-10-61(68(93)85-49-108-35-36-112-70(95)76(111-69(94)62-11-9-18-109-62)50(2)37-57-58-42-60(77)59-41-56(87)13-15-73(59,3)75(58,78)63(88)43-74(57,76)4)86-65(90)48-80-64(89)14-19-100-21-23-102-25-27-104-29-31-106-33-34-107-32-30-105-28-26-103-24-22-101-20-16-79-67(92)53-39-51(54-44-81-71(82-45-54)113(5,96)97)38-52(40-53)55-46-83-72(84-47-55)114(6,98)99/h7,9,11,13,15,18,38-41,44-47,50,57-58,60-61,63,88H,1,8,10,12,14,16-17,19-37,42-43,48-49H2,2-6H3,(H,79,92)(H,80,89)(H,85,93)(H,86,90)/t50-,57+,58+,60+,61+,63+,73+,74+,75+,76+/m1/s1. The van der Waals surface area contributed by atoms with Crippen molar-refractivity contribution in [1.82, 2.24) is 41.2 Å². The van der Waals surface area contributed by atoms with Gasteiger partial charge in [-0.25, -0.2) is 50.3 Å². The summed E-state index contributed by atoms with van der Waals surface area (Å²) in [7, 11) is -7.32. The van der Waals surface area contributed by atoms with Gasteiger partial charge in [-0.05, 0) is 104 Å². The largest absolute Gasteiger partial charge is 0.461 e. The molecule has 3 fully saturated rings. The van der Waals surface area contributed by atoms with Crippen molar-refractivity contribution in [2.75, 3.05) is 157 Å². The van der Waals surface area contributed by atoms with Crippen molar-refractivity contribution in [2.45, 2.75) is 106 Å². The lowest BCUT2D eigenvalue weighted by Gasteiger charge is -2.63. The number of nitrogens with zero attached hydrogens (tertiary/aromatic N) is 4. The predicted molar refractivity (Wildman–Crippen MR) is 405 cm³/mol. The summed E-state index contributed by atoms with van der Waals surface area (Å²) < 4.78 is 149.